The summed E-state index contributed by atoms with van der Waals surface area (Å²) in [7, 11) is 0. The molecular formula is C17H23N3. The molecule has 1 fully saturated rings. The molecule has 0 saturated heterocycles. The summed E-state index contributed by atoms with van der Waals surface area (Å²) >= 11 is 0. The SMILES string of the molecule is CC(=N)CC(Nc1ccc(C#N)c(C)c1)C1CCCC1. The molecule has 1 unspecified atom stereocenters. The predicted molar refractivity (Wildman–Crippen MR) is 83.3 cm³/mol. The number of hydrogen-bond acceptors (Lipinski definition) is 3. The average molecular weight is 269 g/mol. The first kappa shape index (κ1) is 14.6. The zero-order valence-corrected chi connectivity index (χ0v) is 12.4. The van der Waals surface area contributed by atoms with Crippen molar-refractivity contribution in [3.63, 3.8) is 0 Å². The minimum Gasteiger partial charge on any atom is -0.382 e. The van der Waals surface area contributed by atoms with E-state index in [2.05, 4.69) is 11.4 Å². The van der Waals surface area contributed by atoms with E-state index in [9.17, 15) is 0 Å². The third-order valence-electron chi connectivity index (χ3n) is 4.19. The van der Waals surface area contributed by atoms with Crippen molar-refractivity contribution in [2.75, 3.05) is 5.32 Å². The minimum atomic E-state index is 0.349. The van der Waals surface area contributed by atoms with Crippen molar-refractivity contribution < 1.29 is 0 Å². The molecule has 0 radical (unpaired) electrons. The number of aryl methyl sites for hydroxylation is 1. The molecule has 20 heavy (non-hydrogen) atoms. The molecule has 0 spiro atoms. The Kier molecular flexibility index (Phi) is 4.79. The van der Waals surface area contributed by atoms with Gasteiger partial charge in [-0.1, -0.05) is 12.8 Å². The maximum atomic E-state index is 8.98. The number of anilines is 1. The number of hydrogen-bond donors (Lipinski definition) is 2. The third kappa shape index (κ3) is 3.60. The minimum absolute atomic E-state index is 0.349. The van der Waals surface area contributed by atoms with Crippen LogP contribution in [0.4, 0.5) is 5.69 Å². The molecule has 1 aliphatic rings. The van der Waals surface area contributed by atoms with Gasteiger partial charge in [-0.15, -0.1) is 0 Å². The normalized spacial score (nSPS) is 16.6. The highest BCUT2D eigenvalue weighted by molar-refractivity contribution is 5.79. The summed E-state index contributed by atoms with van der Waals surface area (Å²) in [6, 6.07) is 8.45. The van der Waals surface area contributed by atoms with Crippen LogP contribution < -0.4 is 5.32 Å². The number of nitriles is 1. The molecule has 1 atom stereocenters. The van der Waals surface area contributed by atoms with Crippen molar-refractivity contribution in [3.05, 3.63) is 29.3 Å². The fourth-order valence-corrected chi connectivity index (χ4v) is 3.12. The molecule has 2 N–H and O–H groups in total. The van der Waals surface area contributed by atoms with E-state index in [1.54, 1.807) is 0 Å². The number of benzene rings is 1. The van der Waals surface area contributed by atoms with Crippen LogP contribution in [-0.2, 0) is 0 Å². The molecule has 3 heteroatoms. The molecule has 2 rings (SSSR count). The van der Waals surface area contributed by atoms with Gasteiger partial charge in [0.1, 0.15) is 0 Å². The highest BCUT2D eigenvalue weighted by Crippen LogP contribution is 2.31. The van der Waals surface area contributed by atoms with E-state index in [-0.39, 0.29) is 0 Å². The van der Waals surface area contributed by atoms with Gasteiger partial charge in [0, 0.05) is 23.9 Å². The standard InChI is InChI=1S/C17H23N3/c1-12-9-16(8-7-15(12)11-18)20-17(10-13(2)19)14-5-3-4-6-14/h7-9,14,17,19-20H,3-6,10H2,1-2H3. The van der Waals surface area contributed by atoms with Crippen molar-refractivity contribution in [1.29, 1.82) is 10.7 Å². The Balaban J connectivity index is 2.12. The maximum absolute atomic E-state index is 8.98. The molecule has 0 aliphatic heterocycles. The number of nitrogens with one attached hydrogen (secondary N) is 2. The van der Waals surface area contributed by atoms with Crippen LogP contribution in [0.5, 0.6) is 0 Å². The summed E-state index contributed by atoms with van der Waals surface area (Å²) in [6.07, 6.45) is 5.96. The molecule has 1 aliphatic carbocycles. The molecule has 1 saturated carbocycles. The van der Waals surface area contributed by atoms with Gasteiger partial charge < -0.3 is 10.7 Å². The summed E-state index contributed by atoms with van der Waals surface area (Å²) in [5, 5.41) is 20.4. The van der Waals surface area contributed by atoms with Gasteiger partial charge in [-0.2, -0.15) is 5.26 Å². The van der Waals surface area contributed by atoms with E-state index < -0.39 is 0 Å². The Bertz CT molecular complexity index is 522. The first-order valence-electron chi connectivity index (χ1n) is 7.41. The summed E-state index contributed by atoms with van der Waals surface area (Å²) in [5.41, 5.74) is 3.55. The van der Waals surface area contributed by atoms with Crippen molar-refractivity contribution in [2.24, 2.45) is 5.92 Å². The van der Waals surface area contributed by atoms with Crippen LogP contribution in [-0.4, -0.2) is 11.8 Å². The van der Waals surface area contributed by atoms with Crippen LogP contribution in [0.1, 0.15) is 50.2 Å². The molecule has 0 bridgehead atoms. The second kappa shape index (κ2) is 6.56. The predicted octanol–water partition coefficient (Wildman–Crippen LogP) is 4.27. The van der Waals surface area contributed by atoms with Crippen molar-refractivity contribution >= 4 is 11.4 Å². The van der Waals surface area contributed by atoms with Crippen LogP contribution in [0.3, 0.4) is 0 Å². The topological polar surface area (TPSA) is 59.7 Å². The van der Waals surface area contributed by atoms with E-state index >= 15 is 0 Å². The van der Waals surface area contributed by atoms with Crippen molar-refractivity contribution in [3.8, 4) is 6.07 Å². The van der Waals surface area contributed by atoms with Gasteiger partial charge in [-0.3, -0.25) is 0 Å². The van der Waals surface area contributed by atoms with Gasteiger partial charge in [0.15, 0.2) is 0 Å². The third-order valence-corrected chi connectivity index (χ3v) is 4.19. The lowest BCUT2D eigenvalue weighted by Crippen LogP contribution is -2.29. The van der Waals surface area contributed by atoms with Gasteiger partial charge in [0.25, 0.3) is 0 Å². The van der Waals surface area contributed by atoms with Gasteiger partial charge in [-0.05, 0) is 56.4 Å². The summed E-state index contributed by atoms with van der Waals surface area (Å²) in [4.78, 5) is 0. The highest BCUT2D eigenvalue weighted by atomic mass is 14.9. The van der Waals surface area contributed by atoms with E-state index in [1.807, 2.05) is 32.0 Å². The largest absolute Gasteiger partial charge is 0.382 e. The van der Waals surface area contributed by atoms with Crippen molar-refractivity contribution in [2.45, 2.75) is 52.0 Å². The van der Waals surface area contributed by atoms with E-state index in [0.29, 0.717) is 12.0 Å². The van der Waals surface area contributed by atoms with Crippen molar-refractivity contribution in [1.82, 2.24) is 0 Å². The van der Waals surface area contributed by atoms with E-state index in [0.717, 1.165) is 28.9 Å². The van der Waals surface area contributed by atoms with Crippen LogP contribution in [0.15, 0.2) is 18.2 Å². The zero-order chi connectivity index (χ0) is 14.5. The lowest BCUT2D eigenvalue weighted by atomic mass is 9.93. The first-order valence-corrected chi connectivity index (χ1v) is 7.41. The molecule has 0 amide bonds. The highest BCUT2D eigenvalue weighted by Gasteiger charge is 2.25. The molecule has 0 aromatic heterocycles. The molecule has 106 valence electrons. The molecule has 0 heterocycles. The monoisotopic (exact) mass is 269 g/mol. The molecule has 3 nitrogen and oxygen atoms in total. The lowest BCUT2D eigenvalue weighted by Gasteiger charge is -2.26. The maximum Gasteiger partial charge on any atom is 0.0994 e. The average Bonchev–Trinajstić information content (AvgIpc) is 2.91. The van der Waals surface area contributed by atoms with Crippen LogP contribution >= 0.6 is 0 Å². The second-order valence-corrected chi connectivity index (χ2v) is 5.92. The fraction of sp³-hybridized carbons (Fsp3) is 0.529. The molecule has 1 aromatic carbocycles. The van der Waals surface area contributed by atoms with E-state index in [1.165, 1.54) is 25.7 Å². The van der Waals surface area contributed by atoms with Gasteiger partial charge in [0.2, 0.25) is 0 Å². The Labute approximate surface area is 121 Å². The summed E-state index contributed by atoms with van der Waals surface area (Å²) in [5.74, 6) is 0.672. The van der Waals surface area contributed by atoms with Gasteiger partial charge in [0.05, 0.1) is 11.6 Å². The Morgan fingerprint density at radius 1 is 1.45 bits per heavy atom. The Morgan fingerprint density at radius 2 is 2.15 bits per heavy atom. The zero-order valence-electron chi connectivity index (χ0n) is 12.4. The fourth-order valence-electron chi connectivity index (χ4n) is 3.12. The molecular weight excluding hydrogens is 246 g/mol. The Morgan fingerprint density at radius 3 is 2.70 bits per heavy atom. The second-order valence-electron chi connectivity index (χ2n) is 5.92. The van der Waals surface area contributed by atoms with Gasteiger partial charge >= 0.3 is 0 Å². The first-order chi connectivity index (χ1) is 9.60. The smallest absolute Gasteiger partial charge is 0.0994 e. The molecule has 1 aromatic rings. The van der Waals surface area contributed by atoms with Crippen LogP contribution in [0, 0.1) is 29.6 Å². The Hall–Kier alpha value is -1.82. The summed E-state index contributed by atoms with van der Waals surface area (Å²) in [6.45, 7) is 3.85. The summed E-state index contributed by atoms with van der Waals surface area (Å²) < 4.78 is 0. The van der Waals surface area contributed by atoms with Crippen LogP contribution in [0.25, 0.3) is 0 Å². The quantitative estimate of drug-likeness (QED) is 0.784. The van der Waals surface area contributed by atoms with Gasteiger partial charge in [-0.25, -0.2) is 0 Å². The van der Waals surface area contributed by atoms with Crippen LogP contribution in [0.2, 0.25) is 0 Å². The number of rotatable bonds is 5. The number of nitrogens with zero attached hydrogens (tertiary/aromatic N) is 1. The van der Waals surface area contributed by atoms with E-state index in [4.69, 9.17) is 10.7 Å². The lowest BCUT2D eigenvalue weighted by molar-refractivity contribution is 0.465.